The van der Waals surface area contributed by atoms with Crippen molar-refractivity contribution in [2.45, 2.75) is 42.9 Å². The molecule has 4 rings (SSSR count). The second kappa shape index (κ2) is 11.7. The van der Waals surface area contributed by atoms with Gasteiger partial charge < -0.3 is 14.7 Å². The van der Waals surface area contributed by atoms with E-state index in [-0.39, 0.29) is 5.91 Å². The number of piperidine rings is 1. The molecule has 3 heterocycles. The quantitative estimate of drug-likeness (QED) is 0.203. The molecular weight excluding hydrogens is 482 g/mol. The average molecular weight is 516 g/mol. The van der Waals surface area contributed by atoms with E-state index >= 15 is 0 Å². The van der Waals surface area contributed by atoms with Gasteiger partial charge in [0.2, 0.25) is 5.91 Å². The Kier molecular flexibility index (Phi) is 8.67. The van der Waals surface area contributed by atoms with Crippen LogP contribution < -0.4 is 10.2 Å². The smallest absolute Gasteiger partial charge is 0.249 e. The monoisotopic (exact) mass is 515 g/mol. The lowest BCUT2D eigenvalue weighted by atomic mass is 9.73. The van der Waals surface area contributed by atoms with Gasteiger partial charge in [-0.1, -0.05) is 6.07 Å². The summed E-state index contributed by atoms with van der Waals surface area (Å²) in [4.78, 5) is 19.7. The highest BCUT2D eigenvalue weighted by Crippen LogP contribution is 2.40. The normalized spacial score (nSPS) is 16.8. The number of fused-ring (bicyclic) bond motifs is 1. The van der Waals surface area contributed by atoms with Gasteiger partial charge in [-0.05, 0) is 86.5 Å². The number of aryl methyl sites for hydroxylation is 1. The maximum absolute atomic E-state index is 12.8. The predicted octanol–water partition coefficient (Wildman–Crippen LogP) is 4.81. The zero-order valence-electron chi connectivity index (χ0n) is 20.2. The number of thioether (sulfide) groups is 1. The lowest BCUT2D eigenvalue weighted by Gasteiger charge is -2.40. The third kappa shape index (κ3) is 5.98. The number of rotatable bonds is 10. The molecule has 1 amide bonds. The molecule has 1 saturated heterocycles. The summed E-state index contributed by atoms with van der Waals surface area (Å²) < 4.78 is 6.70. The Morgan fingerprint density at radius 3 is 2.83 bits per heavy atom. The van der Waals surface area contributed by atoms with Crippen molar-refractivity contribution in [3.05, 3.63) is 53.0 Å². The van der Waals surface area contributed by atoms with Crippen LogP contribution in [-0.4, -0.2) is 58.6 Å². The van der Waals surface area contributed by atoms with Gasteiger partial charge in [0.25, 0.3) is 0 Å². The first-order valence-corrected chi connectivity index (χ1v) is 13.8. The average Bonchev–Trinajstić information content (AvgIpc) is 3.40. The molecule has 2 aromatic heterocycles. The van der Waals surface area contributed by atoms with Crippen LogP contribution >= 0.6 is 23.1 Å². The van der Waals surface area contributed by atoms with Crippen LogP contribution in [0.2, 0.25) is 0 Å². The van der Waals surface area contributed by atoms with Crippen LogP contribution in [0.15, 0.2) is 46.1 Å². The number of aliphatic hydroxyl groups excluding tert-OH is 1. The Morgan fingerprint density at radius 2 is 2.14 bits per heavy atom. The third-order valence-electron chi connectivity index (χ3n) is 7.09. The van der Waals surface area contributed by atoms with Crippen LogP contribution in [-0.2, 0) is 4.79 Å². The molecule has 7 nitrogen and oxygen atoms in total. The number of likely N-dealkylation sites (tertiary alicyclic amines) is 1. The molecule has 1 aliphatic rings. The van der Waals surface area contributed by atoms with Gasteiger partial charge in [0.1, 0.15) is 5.75 Å². The number of nitrogens with zero attached hydrogens (tertiary/aromatic N) is 2. The maximum atomic E-state index is 12.8. The largest absolute Gasteiger partial charge is 0.497 e. The van der Waals surface area contributed by atoms with Gasteiger partial charge in [0.15, 0.2) is 0 Å². The van der Waals surface area contributed by atoms with Crippen LogP contribution in [0.4, 0.5) is 0 Å². The topological polar surface area (TPSA) is 94.9 Å². The standard InChI is InChI=1S/C26H33N3O4S2/c1-18-17-27-21-6-5-19(33-2)16-20(21)24(18)22(30)7-8-26(25(31)28-32)9-11-29(12-10-26)13-15-35-23-4-3-14-34-23/h3-6,14,16-17,22,30,32H,7-13,15H2,1-2H3,(H,28,31)/t22-/m1/s1. The van der Waals surface area contributed by atoms with Crippen LogP contribution in [0, 0.1) is 12.3 Å². The number of amides is 1. The minimum Gasteiger partial charge on any atom is -0.497 e. The molecule has 0 spiro atoms. The first kappa shape index (κ1) is 25.9. The van der Waals surface area contributed by atoms with E-state index in [4.69, 9.17) is 4.74 Å². The number of hydrogen-bond acceptors (Lipinski definition) is 8. The number of aromatic nitrogens is 1. The van der Waals surface area contributed by atoms with Crippen LogP contribution in [0.3, 0.4) is 0 Å². The third-order valence-corrected chi connectivity index (χ3v) is 9.20. The molecule has 3 N–H and O–H groups in total. The number of pyridine rings is 1. The molecule has 9 heteroatoms. The summed E-state index contributed by atoms with van der Waals surface area (Å²) in [6.45, 7) is 4.49. The first-order valence-electron chi connectivity index (χ1n) is 11.9. The zero-order valence-corrected chi connectivity index (χ0v) is 21.8. The summed E-state index contributed by atoms with van der Waals surface area (Å²) in [6, 6.07) is 9.84. The van der Waals surface area contributed by atoms with Crippen molar-refractivity contribution in [3.8, 4) is 5.75 Å². The van der Waals surface area contributed by atoms with E-state index in [9.17, 15) is 15.1 Å². The van der Waals surface area contributed by atoms with Crippen molar-refractivity contribution < 1.29 is 19.8 Å². The first-order chi connectivity index (χ1) is 17.0. The minimum atomic E-state index is -0.754. The summed E-state index contributed by atoms with van der Waals surface area (Å²) >= 11 is 3.61. The van der Waals surface area contributed by atoms with E-state index in [2.05, 4.69) is 27.4 Å². The Balaban J connectivity index is 1.42. The molecule has 0 bridgehead atoms. The van der Waals surface area contributed by atoms with Crippen LogP contribution in [0.5, 0.6) is 5.75 Å². The molecule has 0 radical (unpaired) electrons. The number of ether oxygens (including phenoxy) is 1. The summed E-state index contributed by atoms with van der Waals surface area (Å²) in [5.74, 6) is 1.37. The lowest BCUT2D eigenvalue weighted by Crippen LogP contribution is -2.48. The lowest BCUT2D eigenvalue weighted by molar-refractivity contribution is -0.143. The van der Waals surface area contributed by atoms with Crippen molar-refractivity contribution in [2.24, 2.45) is 5.41 Å². The van der Waals surface area contributed by atoms with Gasteiger partial charge in [-0.2, -0.15) is 0 Å². The molecule has 3 aromatic rings. The predicted molar refractivity (Wildman–Crippen MR) is 140 cm³/mol. The van der Waals surface area contributed by atoms with Crippen molar-refractivity contribution in [2.75, 3.05) is 32.5 Å². The summed E-state index contributed by atoms with van der Waals surface area (Å²) in [5, 5.41) is 23.7. The summed E-state index contributed by atoms with van der Waals surface area (Å²) in [6.07, 6.45) is 3.23. The number of hydroxylamine groups is 1. The molecule has 0 unspecified atom stereocenters. The fraction of sp³-hybridized carbons (Fsp3) is 0.462. The number of carbonyl (C=O) groups is 1. The molecular formula is C26H33N3O4S2. The van der Waals surface area contributed by atoms with Crippen LogP contribution in [0.1, 0.15) is 42.9 Å². The molecule has 1 aliphatic heterocycles. The van der Waals surface area contributed by atoms with Crippen molar-refractivity contribution in [3.63, 3.8) is 0 Å². The Bertz CT molecular complexity index is 1130. The summed E-state index contributed by atoms with van der Waals surface area (Å²) in [5.41, 5.74) is 3.72. The number of thiophene rings is 1. The number of methoxy groups -OCH3 is 1. The van der Waals surface area contributed by atoms with Gasteiger partial charge in [0.05, 0.1) is 28.4 Å². The number of hydrogen-bond donors (Lipinski definition) is 3. The highest BCUT2D eigenvalue weighted by atomic mass is 32.2. The van der Waals surface area contributed by atoms with E-state index in [1.54, 1.807) is 24.6 Å². The fourth-order valence-corrected chi connectivity index (χ4v) is 6.82. The van der Waals surface area contributed by atoms with Gasteiger partial charge >= 0.3 is 0 Å². The van der Waals surface area contributed by atoms with Crippen molar-refractivity contribution >= 4 is 39.9 Å². The Hall–Kier alpha value is -2.17. The Morgan fingerprint density at radius 1 is 1.34 bits per heavy atom. The van der Waals surface area contributed by atoms with Crippen molar-refractivity contribution in [1.29, 1.82) is 0 Å². The highest BCUT2D eigenvalue weighted by Gasteiger charge is 2.41. The Labute approximate surface area is 214 Å². The van der Waals surface area contributed by atoms with Crippen molar-refractivity contribution in [1.82, 2.24) is 15.4 Å². The van der Waals surface area contributed by atoms with E-state index in [0.29, 0.717) is 31.4 Å². The van der Waals surface area contributed by atoms with E-state index < -0.39 is 11.5 Å². The highest BCUT2D eigenvalue weighted by molar-refractivity contribution is 8.01. The SMILES string of the molecule is COc1ccc2ncc(C)c([C@H](O)CCC3(C(=O)NO)CCN(CCSc4cccs4)CC3)c2c1. The van der Waals surface area contributed by atoms with Crippen LogP contribution in [0.25, 0.3) is 10.9 Å². The van der Waals surface area contributed by atoms with Gasteiger partial charge in [-0.25, -0.2) is 5.48 Å². The zero-order chi connectivity index (χ0) is 24.8. The number of nitrogens with one attached hydrogen (secondary N) is 1. The van der Waals surface area contributed by atoms with Gasteiger partial charge in [-0.3, -0.25) is 15.0 Å². The van der Waals surface area contributed by atoms with E-state index in [1.165, 1.54) is 4.21 Å². The van der Waals surface area contributed by atoms with E-state index in [0.717, 1.165) is 47.4 Å². The van der Waals surface area contributed by atoms with Gasteiger partial charge in [-0.15, -0.1) is 23.1 Å². The number of carbonyl (C=O) groups excluding carboxylic acids is 1. The molecule has 35 heavy (non-hydrogen) atoms. The molecule has 0 saturated carbocycles. The second-order valence-corrected chi connectivity index (χ2v) is 11.5. The molecule has 1 fully saturated rings. The maximum Gasteiger partial charge on any atom is 0.249 e. The molecule has 0 aliphatic carbocycles. The van der Waals surface area contributed by atoms with Gasteiger partial charge in [0, 0.05) is 23.9 Å². The summed E-state index contributed by atoms with van der Waals surface area (Å²) in [7, 11) is 1.62. The minimum absolute atomic E-state index is 0.352. The second-order valence-electron chi connectivity index (χ2n) is 9.14. The molecule has 1 atom stereocenters. The molecule has 188 valence electrons. The fourth-order valence-electron chi connectivity index (χ4n) is 4.95. The van der Waals surface area contributed by atoms with E-state index in [1.807, 2.05) is 42.4 Å². The number of aliphatic hydroxyl groups is 1. The molecule has 1 aromatic carbocycles. The number of benzene rings is 1.